The van der Waals surface area contributed by atoms with Crippen molar-refractivity contribution in [3.8, 4) is 0 Å². The summed E-state index contributed by atoms with van der Waals surface area (Å²) in [5.74, 6) is -7.62. The van der Waals surface area contributed by atoms with Crippen LogP contribution in [0.5, 0.6) is 0 Å². The number of amides is 4. The Bertz CT molecular complexity index is 1090. The van der Waals surface area contributed by atoms with E-state index in [1.54, 1.807) is 13.8 Å². The number of rotatable bonds is 25. The molecule has 0 aromatic carbocycles. The lowest BCUT2D eigenvalue weighted by atomic mass is 10.0. The molecule has 0 aromatic rings. The van der Waals surface area contributed by atoms with Crippen LogP contribution in [0.25, 0.3) is 0 Å². The summed E-state index contributed by atoms with van der Waals surface area (Å²) >= 11 is 0. The van der Waals surface area contributed by atoms with Gasteiger partial charge in [-0.1, -0.05) is 13.8 Å². The molecule has 0 fully saturated rings. The molecule has 0 aliphatic heterocycles. The Morgan fingerprint density at radius 2 is 1.13 bits per heavy atom. The van der Waals surface area contributed by atoms with E-state index in [4.69, 9.17) is 32.8 Å². The summed E-state index contributed by atoms with van der Waals surface area (Å²) in [7, 11) is 0. The van der Waals surface area contributed by atoms with Gasteiger partial charge >= 0.3 is 17.9 Å². The van der Waals surface area contributed by atoms with Crippen LogP contribution in [-0.4, -0.2) is 106 Å². The Morgan fingerprint density at radius 1 is 0.660 bits per heavy atom. The molecule has 15 N–H and O–H groups in total. The summed E-state index contributed by atoms with van der Waals surface area (Å²) in [6.45, 7) is 4.02. The fourth-order valence-corrected chi connectivity index (χ4v) is 4.29. The predicted molar refractivity (Wildman–Crippen MR) is 169 cm³/mol. The van der Waals surface area contributed by atoms with E-state index < -0.39 is 84.6 Å². The van der Waals surface area contributed by atoms with Crippen molar-refractivity contribution >= 4 is 47.5 Å². The van der Waals surface area contributed by atoms with Crippen LogP contribution in [0, 0.1) is 11.3 Å². The first-order valence-corrected chi connectivity index (χ1v) is 15.4. The first-order valence-electron chi connectivity index (χ1n) is 15.4. The molecule has 19 nitrogen and oxygen atoms in total. The van der Waals surface area contributed by atoms with Crippen LogP contribution in [0.3, 0.4) is 0 Å². The van der Waals surface area contributed by atoms with Crippen LogP contribution in [0.15, 0.2) is 0 Å². The zero-order valence-electron chi connectivity index (χ0n) is 26.9. The van der Waals surface area contributed by atoms with Crippen molar-refractivity contribution in [1.29, 1.82) is 5.41 Å². The van der Waals surface area contributed by atoms with Crippen LogP contribution in [0.4, 0.5) is 0 Å². The Labute approximate surface area is 273 Å². The van der Waals surface area contributed by atoms with Gasteiger partial charge in [-0.3, -0.25) is 34.2 Å². The van der Waals surface area contributed by atoms with Gasteiger partial charge in [-0.15, -0.1) is 0 Å². The molecule has 5 atom stereocenters. The fraction of sp³-hybridized carbons (Fsp3) is 0.714. The van der Waals surface area contributed by atoms with Crippen molar-refractivity contribution in [3.05, 3.63) is 0 Å². The highest BCUT2D eigenvalue weighted by Crippen LogP contribution is 2.10. The lowest BCUT2D eigenvalue weighted by Gasteiger charge is -2.27. The fourth-order valence-electron chi connectivity index (χ4n) is 4.29. The number of aliphatic carboxylic acids is 3. The summed E-state index contributed by atoms with van der Waals surface area (Å²) in [6, 6.07) is -6.52. The van der Waals surface area contributed by atoms with Crippen LogP contribution in [0.2, 0.25) is 0 Å². The minimum Gasteiger partial charge on any atom is -0.481 e. The molecule has 19 heteroatoms. The molecule has 4 amide bonds. The van der Waals surface area contributed by atoms with E-state index in [1.165, 1.54) is 0 Å². The summed E-state index contributed by atoms with van der Waals surface area (Å²) in [5, 5.41) is 47.3. The Balaban J connectivity index is 6.00. The number of unbranched alkanes of at least 4 members (excludes halogenated alkanes) is 1. The highest BCUT2D eigenvalue weighted by atomic mass is 16.4. The molecule has 0 aliphatic carbocycles. The third kappa shape index (κ3) is 19.6. The molecule has 0 aromatic heterocycles. The van der Waals surface area contributed by atoms with E-state index in [2.05, 4.69) is 26.6 Å². The molecule has 0 saturated carbocycles. The summed E-state index contributed by atoms with van der Waals surface area (Å²) in [4.78, 5) is 86.4. The zero-order chi connectivity index (χ0) is 36.1. The molecule has 0 bridgehead atoms. The van der Waals surface area contributed by atoms with E-state index >= 15 is 0 Å². The Kier molecular flexibility index (Phi) is 20.7. The second-order valence-electron chi connectivity index (χ2n) is 11.5. The van der Waals surface area contributed by atoms with Gasteiger partial charge < -0.3 is 59.1 Å². The van der Waals surface area contributed by atoms with Gasteiger partial charge in [0, 0.05) is 19.4 Å². The lowest BCUT2D eigenvalue weighted by molar-refractivity contribution is -0.142. The van der Waals surface area contributed by atoms with Gasteiger partial charge in [0.05, 0.1) is 6.04 Å². The van der Waals surface area contributed by atoms with Gasteiger partial charge in [0.15, 0.2) is 5.96 Å². The summed E-state index contributed by atoms with van der Waals surface area (Å²) in [6.07, 6.45) is -0.205. The van der Waals surface area contributed by atoms with Gasteiger partial charge in [0.1, 0.15) is 24.2 Å². The average molecular weight is 674 g/mol. The molecule has 47 heavy (non-hydrogen) atoms. The van der Waals surface area contributed by atoms with Gasteiger partial charge in [-0.2, -0.15) is 0 Å². The smallest absolute Gasteiger partial charge is 0.326 e. The van der Waals surface area contributed by atoms with Crippen LogP contribution in [0.1, 0.15) is 78.1 Å². The summed E-state index contributed by atoms with van der Waals surface area (Å²) in [5.41, 5.74) is 16.5. The predicted octanol–water partition coefficient (Wildman–Crippen LogP) is -2.49. The SMILES string of the molecule is CC(C)C[C@H](NC(=O)[C@H](CCC(=O)O)NC(=O)[C@H](N)CCC(=O)O)C(=O)N[C@@H](CCCNC(=N)N)C(=O)N[C@@H](CCCCN)C(=O)O. The number of carboxylic acids is 3. The maximum atomic E-state index is 13.5. The standard InChI is InChI=1S/C28H51N9O10/c1-15(2)14-20(37-25(44)18(9-11-22(40)41)34-23(42)16(30)8-10-21(38)39)26(45)35-17(7-5-13-33-28(31)32)24(43)36-19(27(46)47)6-3-4-12-29/h15-20H,3-14,29-30H2,1-2H3,(H,34,42)(H,35,45)(H,36,43)(H,37,44)(H,38,39)(H,40,41)(H,46,47)(H4,31,32,33)/t16-,17+,18+,19+,20+/m1/s1. The Morgan fingerprint density at radius 3 is 1.64 bits per heavy atom. The first kappa shape index (κ1) is 42.5. The molecule has 0 radical (unpaired) electrons. The molecule has 268 valence electrons. The Hall–Kier alpha value is -4.52. The van der Waals surface area contributed by atoms with E-state index in [1.807, 2.05) is 0 Å². The van der Waals surface area contributed by atoms with E-state index in [0.29, 0.717) is 19.4 Å². The minimum atomic E-state index is -1.45. The third-order valence-corrected chi connectivity index (χ3v) is 6.81. The van der Waals surface area contributed by atoms with Gasteiger partial charge in [0.25, 0.3) is 0 Å². The number of carbonyl (C=O) groups is 7. The number of hydrogen-bond acceptors (Lipinski definition) is 10. The number of nitrogens with one attached hydrogen (secondary N) is 6. The monoisotopic (exact) mass is 673 g/mol. The van der Waals surface area contributed by atoms with Gasteiger partial charge in [0.2, 0.25) is 23.6 Å². The number of guanidine groups is 1. The van der Waals surface area contributed by atoms with Crippen molar-refractivity contribution in [2.24, 2.45) is 23.1 Å². The van der Waals surface area contributed by atoms with Crippen molar-refractivity contribution in [3.63, 3.8) is 0 Å². The second kappa shape index (κ2) is 22.9. The molecule has 0 spiro atoms. The van der Waals surface area contributed by atoms with Gasteiger partial charge in [-0.25, -0.2) is 4.79 Å². The maximum Gasteiger partial charge on any atom is 0.326 e. The highest BCUT2D eigenvalue weighted by Gasteiger charge is 2.32. The molecule has 0 unspecified atom stereocenters. The van der Waals surface area contributed by atoms with Crippen LogP contribution < -0.4 is 43.8 Å². The molecule has 0 heterocycles. The highest BCUT2D eigenvalue weighted by molar-refractivity contribution is 5.95. The average Bonchev–Trinajstić information content (AvgIpc) is 2.97. The van der Waals surface area contributed by atoms with Crippen molar-refractivity contribution in [2.75, 3.05) is 13.1 Å². The van der Waals surface area contributed by atoms with Crippen LogP contribution in [-0.2, 0) is 33.6 Å². The van der Waals surface area contributed by atoms with Crippen molar-refractivity contribution in [1.82, 2.24) is 26.6 Å². The number of nitrogens with two attached hydrogens (primary N) is 3. The summed E-state index contributed by atoms with van der Waals surface area (Å²) < 4.78 is 0. The first-order chi connectivity index (χ1) is 22.0. The maximum absolute atomic E-state index is 13.5. The van der Waals surface area contributed by atoms with Crippen molar-refractivity contribution < 1.29 is 48.9 Å². The van der Waals surface area contributed by atoms with Crippen molar-refractivity contribution in [2.45, 2.75) is 108 Å². The van der Waals surface area contributed by atoms with E-state index in [9.17, 15) is 38.7 Å². The zero-order valence-corrected chi connectivity index (χ0v) is 26.9. The third-order valence-electron chi connectivity index (χ3n) is 6.81. The molecular weight excluding hydrogens is 622 g/mol. The second-order valence-corrected chi connectivity index (χ2v) is 11.5. The molecule has 0 aliphatic rings. The molecule has 0 saturated heterocycles. The minimum absolute atomic E-state index is 0.000856. The van der Waals surface area contributed by atoms with Crippen LogP contribution >= 0.6 is 0 Å². The number of carboxylic acid groups (broad SMARTS) is 3. The lowest BCUT2D eigenvalue weighted by Crippen LogP contribution is -2.58. The topological polar surface area (TPSA) is 342 Å². The molecular formula is C28H51N9O10. The van der Waals surface area contributed by atoms with Gasteiger partial charge in [-0.05, 0) is 63.8 Å². The normalized spacial score (nSPS) is 14.1. The number of hydrogen-bond donors (Lipinski definition) is 12. The largest absolute Gasteiger partial charge is 0.481 e. The quantitative estimate of drug-likeness (QED) is 0.0271. The number of carbonyl (C=O) groups excluding carboxylic acids is 4. The van der Waals surface area contributed by atoms with E-state index in [-0.39, 0.29) is 56.9 Å². The molecule has 0 rings (SSSR count). The van der Waals surface area contributed by atoms with E-state index in [0.717, 1.165) is 0 Å².